The summed E-state index contributed by atoms with van der Waals surface area (Å²) in [5.74, 6) is 1.50. The summed E-state index contributed by atoms with van der Waals surface area (Å²) in [5, 5.41) is 8.31. The zero-order valence-corrected chi connectivity index (χ0v) is 15.7. The maximum absolute atomic E-state index is 12.6. The van der Waals surface area contributed by atoms with Gasteiger partial charge < -0.3 is 19.1 Å². The lowest BCUT2D eigenvalue weighted by Gasteiger charge is -2.12. The van der Waals surface area contributed by atoms with Crippen LogP contribution in [0.3, 0.4) is 0 Å². The monoisotopic (exact) mass is 367 g/mol. The molecule has 0 aliphatic carbocycles. The molecule has 2 aromatic carbocycles. The van der Waals surface area contributed by atoms with Crippen molar-refractivity contribution in [3.8, 4) is 17.2 Å². The number of hydrogen-bond acceptors (Lipinski definition) is 6. The van der Waals surface area contributed by atoms with E-state index in [4.69, 9.17) is 14.2 Å². The molecule has 140 valence electrons. The molecule has 0 saturated heterocycles. The van der Waals surface area contributed by atoms with Gasteiger partial charge in [0.1, 0.15) is 17.2 Å². The van der Waals surface area contributed by atoms with Gasteiger partial charge in [-0.3, -0.25) is 4.79 Å². The van der Waals surface area contributed by atoms with Crippen LogP contribution < -0.4 is 19.1 Å². The van der Waals surface area contributed by atoms with Gasteiger partial charge in [-0.1, -0.05) is 18.2 Å². The van der Waals surface area contributed by atoms with Crippen LogP contribution in [0.4, 0.5) is 5.69 Å². The summed E-state index contributed by atoms with van der Waals surface area (Å²) < 4.78 is 16.0. The van der Waals surface area contributed by atoms with E-state index in [0.29, 0.717) is 35.1 Å². The summed E-state index contributed by atoms with van der Waals surface area (Å²) in [7, 11) is 4.66. The number of anilines is 1. The van der Waals surface area contributed by atoms with Crippen molar-refractivity contribution in [2.24, 2.45) is 10.2 Å². The largest absolute Gasteiger partial charge is 0.496 e. The maximum Gasteiger partial charge on any atom is 0.279 e. The van der Waals surface area contributed by atoms with Crippen LogP contribution >= 0.6 is 0 Å². The quantitative estimate of drug-likeness (QED) is 0.581. The molecular weight excluding hydrogens is 346 g/mol. The molecular formula is C20H21N3O4. The van der Waals surface area contributed by atoms with Gasteiger partial charge in [-0.25, -0.2) is 0 Å². The Morgan fingerprint density at radius 1 is 1.04 bits per heavy atom. The Bertz CT molecular complexity index is 896. The summed E-state index contributed by atoms with van der Waals surface area (Å²) in [6, 6.07) is 11.0. The molecule has 0 fully saturated rings. The number of amides is 1. The van der Waals surface area contributed by atoms with Crippen molar-refractivity contribution in [3.05, 3.63) is 47.5 Å². The fourth-order valence-corrected chi connectivity index (χ4v) is 2.98. The molecule has 0 bridgehead atoms. The molecule has 0 atom stereocenters. The molecule has 3 rings (SSSR count). The van der Waals surface area contributed by atoms with Crippen LogP contribution in [0.5, 0.6) is 17.2 Å². The first-order valence-electron chi connectivity index (χ1n) is 8.46. The molecule has 27 heavy (non-hydrogen) atoms. The second kappa shape index (κ2) is 7.90. The first-order chi connectivity index (χ1) is 13.1. The van der Waals surface area contributed by atoms with Crippen molar-refractivity contribution in [1.82, 2.24) is 0 Å². The molecule has 0 N–H and O–H groups in total. The Balaban J connectivity index is 1.99. The molecule has 7 heteroatoms. The predicted octanol–water partition coefficient (Wildman–Crippen LogP) is 2.90. The number of benzene rings is 2. The minimum Gasteiger partial charge on any atom is -0.496 e. The highest BCUT2D eigenvalue weighted by Gasteiger charge is 2.32. The van der Waals surface area contributed by atoms with E-state index in [-0.39, 0.29) is 5.91 Å². The number of carbonyl (C=O) groups is 1. The number of fused-ring (bicyclic) bond motifs is 1. The van der Waals surface area contributed by atoms with Crippen LogP contribution in [0, 0.1) is 0 Å². The van der Waals surface area contributed by atoms with Crippen LogP contribution in [-0.4, -0.2) is 45.7 Å². The Hall–Kier alpha value is -3.35. The van der Waals surface area contributed by atoms with Crippen molar-refractivity contribution < 1.29 is 19.0 Å². The normalized spacial score (nSPS) is 14.7. The van der Waals surface area contributed by atoms with Gasteiger partial charge in [-0.15, -0.1) is 5.10 Å². The Labute approximate surface area is 157 Å². The maximum atomic E-state index is 12.6. The highest BCUT2D eigenvalue weighted by Crippen LogP contribution is 2.33. The minimum absolute atomic E-state index is 0.162. The summed E-state index contributed by atoms with van der Waals surface area (Å²) in [6.45, 7) is 2.49. The lowest BCUT2D eigenvalue weighted by Crippen LogP contribution is -2.29. The van der Waals surface area contributed by atoms with Crippen molar-refractivity contribution in [3.63, 3.8) is 0 Å². The van der Waals surface area contributed by atoms with Gasteiger partial charge in [-0.2, -0.15) is 5.10 Å². The highest BCUT2D eigenvalue weighted by molar-refractivity contribution is 6.54. The zero-order valence-electron chi connectivity index (χ0n) is 15.7. The summed E-state index contributed by atoms with van der Waals surface area (Å²) in [4.78, 5) is 14.3. The number of likely N-dealkylation sites (N-methyl/N-ethyl adjacent to an activating group) is 1. The van der Waals surface area contributed by atoms with Crippen molar-refractivity contribution in [2.75, 3.05) is 32.8 Å². The predicted molar refractivity (Wildman–Crippen MR) is 105 cm³/mol. The Morgan fingerprint density at radius 2 is 1.70 bits per heavy atom. The van der Waals surface area contributed by atoms with E-state index >= 15 is 0 Å². The minimum atomic E-state index is -0.162. The Morgan fingerprint density at radius 3 is 2.30 bits per heavy atom. The van der Waals surface area contributed by atoms with Crippen molar-refractivity contribution in [1.29, 1.82) is 0 Å². The average molecular weight is 367 g/mol. The standard InChI is InChI=1S/C20H21N3O4/c1-5-23-16-9-7-6-8-14(16)19(20(23)24)22-21-12-15-17(26-3)10-13(25-2)11-18(15)27-4/h6-12H,5H2,1-4H3/b21-12-,22-19+. The molecule has 0 unspecified atom stereocenters. The van der Waals surface area contributed by atoms with E-state index < -0.39 is 0 Å². The van der Waals surface area contributed by atoms with Crippen LogP contribution in [-0.2, 0) is 4.79 Å². The molecule has 0 radical (unpaired) electrons. The third kappa shape index (κ3) is 3.36. The van der Waals surface area contributed by atoms with Gasteiger partial charge in [0.05, 0.1) is 38.8 Å². The van der Waals surface area contributed by atoms with Crippen LogP contribution in [0.15, 0.2) is 46.6 Å². The second-order valence-electron chi connectivity index (χ2n) is 5.71. The van der Waals surface area contributed by atoms with Gasteiger partial charge >= 0.3 is 0 Å². The molecule has 0 spiro atoms. The topological polar surface area (TPSA) is 72.7 Å². The lowest BCUT2D eigenvalue weighted by atomic mass is 10.1. The summed E-state index contributed by atoms with van der Waals surface area (Å²) >= 11 is 0. The fourth-order valence-electron chi connectivity index (χ4n) is 2.98. The smallest absolute Gasteiger partial charge is 0.279 e. The zero-order chi connectivity index (χ0) is 19.4. The second-order valence-corrected chi connectivity index (χ2v) is 5.71. The SMILES string of the molecule is CCN1C(=O)/C(=N/N=C\c2c(OC)cc(OC)cc2OC)c2ccccc21. The molecule has 1 aliphatic heterocycles. The molecule has 0 saturated carbocycles. The Kier molecular flexibility index (Phi) is 5.40. The lowest BCUT2D eigenvalue weighted by molar-refractivity contribution is -0.112. The number of carbonyl (C=O) groups excluding carboxylic acids is 1. The van der Waals surface area contributed by atoms with E-state index in [1.807, 2.05) is 31.2 Å². The number of para-hydroxylation sites is 1. The summed E-state index contributed by atoms with van der Waals surface area (Å²) in [6.07, 6.45) is 1.51. The number of methoxy groups -OCH3 is 3. The van der Waals surface area contributed by atoms with Crippen LogP contribution in [0.2, 0.25) is 0 Å². The van der Waals surface area contributed by atoms with Gasteiger partial charge in [0, 0.05) is 24.2 Å². The van der Waals surface area contributed by atoms with Crippen LogP contribution in [0.1, 0.15) is 18.1 Å². The number of rotatable bonds is 6. The van der Waals surface area contributed by atoms with Gasteiger partial charge in [0.25, 0.3) is 5.91 Å². The average Bonchev–Trinajstić information content (AvgIpc) is 2.98. The van der Waals surface area contributed by atoms with E-state index in [2.05, 4.69) is 10.2 Å². The van der Waals surface area contributed by atoms with E-state index in [1.165, 1.54) is 6.21 Å². The van der Waals surface area contributed by atoms with Gasteiger partial charge in [0.15, 0.2) is 5.71 Å². The third-order valence-electron chi connectivity index (χ3n) is 4.31. The molecule has 7 nitrogen and oxygen atoms in total. The molecule has 2 aromatic rings. The van der Waals surface area contributed by atoms with Gasteiger partial charge in [-0.05, 0) is 13.0 Å². The highest BCUT2D eigenvalue weighted by atomic mass is 16.5. The molecule has 0 aromatic heterocycles. The number of hydrogen-bond donors (Lipinski definition) is 0. The summed E-state index contributed by atoms with van der Waals surface area (Å²) in [5.41, 5.74) is 2.54. The first-order valence-corrected chi connectivity index (χ1v) is 8.46. The molecule has 1 heterocycles. The number of nitrogens with zero attached hydrogens (tertiary/aromatic N) is 3. The third-order valence-corrected chi connectivity index (χ3v) is 4.31. The first kappa shape index (κ1) is 18.4. The van der Waals surface area contributed by atoms with E-state index in [9.17, 15) is 4.79 Å². The van der Waals surface area contributed by atoms with Gasteiger partial charge in [0.2, 0.25) is 0 Å². The van der Waals surface area contributed by atoms with Crippen LogP contribution in [0.25, 0.3) is 0 Å². The van der Waals surface area contributed by atoms with Crippen molar-refractivity contribution in [2.45, 2.75) is 6.92 Å². The molecule has 1 amide bonds. The van der Waals surface area contributed by atoms with E-state index in [1.54, 1.807) is 38.4 Å². The fraction of sp³-hybridized carbons (Fsp3) is 0.250. The van der Waals surface area contributed by atoms with Crippen molar-refractivity contribution >= 4 is 23.5 Å². The molecule has 1 aliphatic rings. The van der Waals surface area contributed by atoms with E-state index in [0.717, 1.165) is 11.3 Å². The number of ether oxygens (including phenoxy) is 3.